The lowest BCUT2D eigenvalue weighted by Gasteiger charge is -2.22. The number of carbonyl (C=O) groups excluding carboxylic acids is 1. The summed E-state index contributed by atoms with van der Waals surface area (Å²) in [5, 5.41) is 8.93. The predicted octanol–water partition coefficient (Wildman–Crippen LogP) is 3.76. The molecule has 0 aliphatic carbocycles. The fraction of sp³-hybridized carbons (Fsp3) is 0.333. The summed E-state index contributed by atoms with van der Waals surface area (Å²) in [4.78, 5) is 11.7. The zero-order valence-corrected chi connectivity index (χ0v) is 11.3. The molecule has 0 heterocycles. The van der Waals surface area contributed by atoms with Gasteiger partial charge in [-0.05, 0) is 26.3 Å². The van der Waals surface area contributed by atoms with E-state index in [-0.39, 0.29) is 5.57 Å². The summed E-state index contributed by atoms with van der Waals surface area (Å²) in [5.41, 5.74) is 0.184. The summed E-state index contributed by atoms with van der Waals surface area (Å²) in [5.74, 6) is 0. The molecule has 4 nitrogen and oxygen atoms in total. The number of hydrogen-bond donors (Lipinski definition) is 0. The maximum absolute atomic E-state index is 11.7. The van der Waals surface area contributed by atoms with Crippen LogP contribution in [0.4, 0.5) is 4.79 Å². The highest BCUT2D eigenvalue weighted by molar-refractivity contribution is 5.61. The van der Waals surface area contributed by atoms with Crippen LogP contribution in [0.3, 0.4) is 0 Å². The summed E-state index contributed by atoms with van der Waals surface area (Å²) in [7, 11) is 0. The van der Waals surface area contributed by atoms with Gasteiger partial charge in [-0.15, -0.1) is 0 Å². The Morgan fingerprint density at radius 2 is 1.89 bits per heavy atom. The molecule has 1 rings (SSSR count). The van der Waals surface area contributed by atoms with Crippen molar-refractivity contribution in [3.63, 3.8) is 0 Å². The molecule has 0 amide bonds. The van der Waals surface area contributed by atoms with E-state index in [1.165, 1.54) is 0 Å². The fourth-order valence-corrected chi connectivity index (χ4v) is 1.40. The van der Waals surface area contributed by atoms with E-state index in [0.717, 1.165) is 0 Å². The quantitative estimate of drug-likeness (QED) is 0.612. The number of rotatable bonds is 3. The molecule has 1 aromatic rings. The third-order valence-corrected chi connectivity index (χ3v) is 2.17. The zero-order chi connectivity index (χ0) is 14.5. The first-order valence-electron chi connectivity index (χ1n) is 5.87. The molecule has 0 aliphatic rings. The highest BCUT2D eigenvalue weighted by atomic mass is 16.7. The van der Waals surface area contributed by atoms with E-state index in [1.807, 2.05) is 12.1 Å². The first-order valence-corrected chi connectivity index (χ1v) is 5.87. The Balaban J connectivity index is 2.87. The van der Waals surface area contributed by atoms with Crippen LogP contribution < -0.4 is 0 Å². The minimum absolute atomic E-state index is 0.150. The Bertz CT molecular complexity index is 494. The minimum Gasteiger partial charge on any atom is -0.429 e. The van der Waals surface area contributed by atoms with Crippen LogP contribution in [-0.2, 0) is 9.47 Å². The van der Waals surface area contributed by atoms with Crippen LogP contribution in [0.15, 0.2) is 42.5 Å². The van der Waals surface area contributed by atoms with Crippen molar-refractivity contribution in [1.29, 1.82) is 5.26 Å². The largest absolute Gasteiger partial charge is 0.509 e. The summed E-state index contributed by atoms with van der Waals surface area (Å²) in [6.07, 6.45) is -1.64. The van der Waals surface area contributed by atoms with Crippen molar-refractivity contribution in [3.05, 3.63) is 48.0 Å². The molecule has 0 saturated carbocycles. The average Bonchev–Trinajstić information content (AvgIpc) is 2.34. The molecule has 100 valence electrons. The van der Waals surface area contributed by atoms with Crippen molar-refractivity contribution in [2.75, 3.05) is 0 Å². The van der Waals surface area contributed by atoms with Gasteiger partial charge in [0.05, 0.1) is 11.6 Å². The SMILES string of the molecule is C=C(C#N)C(OC(=O)OC(C)(C)C)c1ccccc1. The monoisotopic (exact) mass is 259 g/mol. The highest BCUT2D eigenvalue weighted by Crippen LogP contribution is 2.25. The van der Waals surface area contributed by atoms with E-state index in [0.29, 0.717) is 5.56 Å². The van der Waals surface area contributed by atoms with Crippen LogP contribution in [-0.4, -0.2) is 11.8 Å². The molecular formula is C15H17NO3. The zero-order valence-electron chi connectivity index (χ0n) is 11.3. The van der Waals surface area contributed by atoms with Crippen LogP contribution in [0.1, 0.15) is 32.4 Å². The first kappa shape index (κ1) is 14.8. The third kappa shape index (κ3) is 4.84. The van der Waals surface area contributed by atoms with Gasteiger partial charge in [0.15, 0.2) is 6.10 Å². The smallest absolute Gasteiger partial charge is 0.429 e. The van der Waals surface area contributed by atoms with Crippen molar-refractivity contribution in [2.24, 2.45) is 0 Å². The second-order valence-corrected chi connectivity index (χ2v) is 5.01. The van der Waals surface area contributed by atoms with Gasteiger partial charge >= 0.3 is 6.16 Å². The van der Waals surface area contributed by atoms with Crippen LogP contribution in [0.2, 0.25) is 0 Å². The van der Waals surface area contributed by atoms with Crippen LogP contribution in [0, 0.1) is 11.3 Å². The molecule has 0 bridgehead atoms. The number of benzene rings is 1. The molecule has 0 aromatic heterocycles. The van der Waals surface area contributed by atoms with Crippen molar-refractivity contribution < 1.29 is 14.3 Å². The molecule has 19 heavy (non-hydrogen) atoms. The molecule has 0 radical (unpaired) electrons. The van der Waals surface area contributed by atoms with Gasteiger partial charge in [-0.1, -0.05) is 36.9 Å². The molecule has 0 aliphatic heterocycles. The van der Waals surface area contributed by atoms with Crippen molar-refractivity contribution in [1.82, 2.24) is 0 Å². The second-order valence-electron chi connectivity index (χ2n) is 5.01. The second kappa shape index (κ2) is 6.05. The van der Waals surface area contributed by atoms with Crippen molar-refractivity contribution in [2.45, 2.75) is 32.5 Å². The van der Waals surface area contributed by atoms with Gasteiger partial charge in [0.25, 0.3) is 0 Å². The molecular weight excluding hydrogens is 242 g/mol. The Morgan fingerprint density at radius 1 is 1.32 bits per heavy atom. The number of nitrogens with zero attached hydrogens (tertiary/aromatic N) is 1. The molecule has 4 heteroatoms. The molecule has 1 atom stereocenters. The Morgan fingerprint density at radius 3 is 2.37 bits per heavy atom. The number of carbonyl (C=O) groups is 1. The predicted molar refractivity (Wildman–Crippen MR) is 71.3 cm³/mol. The molecule has 0 fully saturated rings. The molecule has 0 saturated heterocycles. The van der Waals surface area contributed by atoms with E-state index in [4.69, 9.17) is 14.7 Å². The van der Waals surface area contributed by atoms with Crippen molar-refractivity contribution in [3.8, 4) is 6.07 Å². The lowest BCUT2D eigenvalue weighted by molar-refractivity contribution is -0.0200. The topological polar surface area (TPSA) is 59.3 Å². The maximum atomic E-state index is 11.7. The summed E-state index contributed by atoms with van der Waals surface area (Å²) < 4.78 is 10.3. The van der Waals surface area contributed by atoms with Gasteiger partial charge in [0.1, 0.15) is 5.60 Å². The minimum atomic E-state index is -0.822. The maximum Gasteiger partial charge on any atom is 0.509 e. The lowest BCUT2D eigenvalue weighted by Crippen LogP contribution is -2.25. The average molecular weight is 259 g/mol. The first-order chi connectivity index (χ1) is 8.83. The third-order valence-electron chi connectivity index (χ3n) is 2.17. The summed E-state index contributed by atoms with van der Waals surface area (Å²) in [6.45, 7) is 8.83. The van der Waals surface area contributed by atoms with E-state index in [1.54, 1.807) is 45.0 Å². The van der Waals surface area contributed by atoms with Gasteiger partial charge < -0.3 is 9.47 Å². The van der Waals surface area contributed by atoms with Gasteiger partial charge in [0.2, 0.25) is 0 Å². The molecule has 0 spiro atoms. The van der Waals surface area contributed by atoms with Crippen LogP contribution in [0.5, 0.6) is 0 Å². The number of ether oxygens (including phenoxy) is 2. The standard InChI is InChI=1S/C15H17NO3/c1-11(10-16)13(12-8-6-5-7-9-12)18-14(17)19-15(2,3)4/h5-9,13H,1H2,2-4H3. The Labute approximate surface area is 113 Å². The van der Waals surface area contributed by atoms with Crippen molar-refractivity contribution >= 4 is 6.16 Å². The Kier molecular flexibility index (Phi) is 4.71. The van der Waals surface area contributed by atoms with E-state index in [9.17, 15) is 4.79 Å². The molecule has 0 N–H and O–H groups in total. The van der Waals surface area contributed by atoms with Crippen LogP contribution >= 0.6 is 0 Å². The van der Waals surface area contributed by atoms with Gasteiger partial charge in [0, 0.05) is 0 Å². The normalized spacial score (nSPS) is 12.1. The van der Waals surface area contributed by atoms with E-state index < -0.39 is 17.9 Å². The fourth-order valence-electron chi connectivity index (χ4n) is 1.40. The molecule has 1 unspecified atom stereocenters. The van der Waals surface area contributed by atoms with Crippen LogP contribution in [0.25, 0.3) is 0 Å². The summed E-state index contributed by atoms with van der Waals surface area (Å²) in [6, 6.07) is 10.9. The summed E-state index contributed by atoms with van der Waals surface area (Å²) >= 11 is 0. The van der Waals surface area contributed by atoms with Gasteiger partial charge in [-0.25, -0.2) is 4.79 Å². The van der Waals surface area contributed by atoms with Gasteiger partial charge in [-0.2, -0.15) is 5.26 Å². The lowest BCUT2D eigenvalue weighted by atomic mass is 10.0. The van der Waals surface area contributed by atoms with E-state index >= 15 is 0 Å². The number of hydrogen-bond acceptors (Lipinski definition) is 4. The van der Waals surface area contributed by atoms with E-state index in [2.05, 4.69) is 6.58 Å². The molecule has 1 aromatic carbocycles. The number of nitriles is 1. The van der Waals surface area contributed by atoms with Gasteiger partial charge in [-0.3, -0.25) is 0 Å². The highest BCUT2D eigenvalue weighted by Gasteiger charge is 2.24. The Hall–Kier alpha value is -2.28.